The molecule has 1 aromatic carbocycles. The molecule has 5 heteroatoms. The first kappa shape index (κ1) is 12.0. The largest absolute Gasteiger partial charge is 0.454 e. The number of carbonyl (C=O) groups excluding carboxylic acids is 1. The SMILES string of the molecule is C=C1C[C@H](c2ccc(Cl)cc2-c2cn[nH]c2)OC1=O. The Bertz CT molecular complexity index is 633. The molecule has 0 amide bonds. The summed E-state index contributed by atoms with van der Waals surface area (Å²) in [5.74, 6) is -0.335. The molecule has 0 radical (unpaired) electrons. The van der Waals surface area contributed by atoms with E-state index in [0.717, 1.165) is 16.7 Å². The summed E-state index contributed by atoms with van der Waals surface area (Å²) in [5.41, 5.74) is 3.23. The van der Waals surface area contributed by atoms with Crippen molar-refractivity contribution >= 4 is 17.6 Å². The second kappa shape index (κ2) is 4.55. The summed E-state index contributed by atoms with van der Waals surface area (Å²) in [4.78, 5) is 11.5. The minimum atomic E-state index is -0.335. The number of cyclic esters (lactones) is 1. The van der Waals surface area contributed by atoms with Crippen molar-refractivity contribution < 1.29 is 9.53 Å². The van der Waals surface area contributed by atoms with Gasteiger partial charge in [-0.3, -0.25) is 5.10 Å². The van der Waals surface area contributed by atoms with Crippen molar-refractivity contribution in [2.45, 2.75) is 12.5 Å². The number of carbonyl (C=O) groups is 1. The average Bonchev–Trinajstić information content (AvgIpc) is 3.00. The molecule has 3 rings (SSSR count). The lowest BCUT2D eigenvalue weighted by molar-refractivity contribution is -0.139. The topological polar surface area (TPSA) is 55.0 Å². The zero-order valence-corrected chi connectivity index (χ0v) is 10.8. The monoisotopic (exact) mass is 274 g/mol. The number of rotatable bonds is 2. The molecule has 0 bridgehead atoms. The molecule has 1 aromatic heterocycles. The van der Waals surface area contributed by atoms with Crippen LogP contribution in [0.2, 0.25) is 5.02 Å². The van der Waals surface area contributed by atoms with Crippen LogP contribution in [0.3, 0.4) is 0 Å². The smallest absolute Gasteiger partial charge is 0.334 e. The number of nitrogens with one attached hydrogen (secondary N) is 1. The highest BCUT2D eigenvalue weighted by Crippen LogP contribution is 2.38. The minimum Gasteiger partial charge on any atom is -0.454 e. The summed E-state index contributed by atoms with van der Waals surface area (Å²) in [6, 6.07) is 5.51. The van der Waals surface area contributed by atoms with E-state index in [1.807, 2.05) is 12.1 Å². The summed E-state index contributed by atoms with van der Waals surface area (Å²) in [7, 11) is 0. The van der Waals surface area contributed by atoms with Crippen LogP contribution in [-0.2, 0) is 9.53 Å². The van der Waals surface area contributed by atoms with Gasteiger partial charge < -0.3 is 4.74 Å². The highest BCUT2D eigenvalue weighted by Gasteiger charge is 2.30. The van der Waals surface area contributed by atoms with Gasteiger partial charge in [0.15, 0.2) is 0 Å². The van der Waals surface area contributed by atoms with E-state index in [-0.39, 0.29) is 12.1 Å². The zero-order valence-electron chi connectivity index (χ0n) is 10.0. The molecule has 0 saturated carbocycles. The molecule has 1 fully saturated rings. The lowest BCUT2D eigenvalue weighted by Gasteiger charge is -2.14. The summed E-state index contributed by atoms with van der Waals surface area (Å²) in [5, 5.41) is 7.32. The fourth-order valence-electron chi connectivity index (χ4n) is 2.19. The molecule has 0 aliphatic carbocycles. The molecular formula is C14H11ClN2O2. The second-order valence-corrected chi connectivity index (χ2v) is 4.86. The quantitative estimate of drug-likeness (QED) is 0.675. The minimum absolute atomic E-state index is 0.304. The van der Waals surface area contributed by atoms with Crippen LogP contribution in [0.5, 0.6) is 0 Å². The van der Waals surface area contributed by atoms with Gasteiger partial charge in [0.05, 0.1) is 6.20 Å². The van der Waals surface area contributed by atoms with E-state index >= 15 is 0 Å². The Kier molecular flexibility index (Phi) is 2.87. The number of nitrogens with zero attached hydrogens (tertiary/aromatic N) is 1. The Morgan fingerprint density at radius 3 is 2.95 bits per heavy atom. The average molecular weight is 275 g/mol. The summed E-state index contributed by atoms with van der Waals surface area (Å²) in [6.07, 6.45) is 3.69. The van der Waals surface area contributed by atoms with E-state index in [0.29, 0.717) is 17.0 Å². The standard InChI is InChI=1S/C14H11ClN2O2/c1-8-4-13(19-14(8)18)11-3-2-10(15)5-12(11)9-6-16-17-7-9/h2-3,5-7,13H,1,4H2,(H,16,17)/t13-/m1/s1. The van der Waals surface area contributed by atoms with Gasteiger partial charge in [-0.2, -0.15) is 5.10 Å². The lowest BCUT2D eigenvalue weighted by atomic mass is 9.96. The van der Waals surface area contributed by atoms with Crippen molar-refractivity contribution in [1.82, 2.24) is 10.2 Å². The van der Waals surface area contributed by atoms with Gasteiger partial charge in [-0.05, 0) is 17.7 Å². The van der Waals surface area contributed by atoms with Gasteiger partial charge in [0, 0.05) is 34.3 Å². The predicted octanol–water partition coefficient (Wildman–Crippen LogP) is 3.27. The fourth-order valence-corrected chi connectivity index (χ4v) is 2.36. The van der Waals surface area contributed by atoms with E-state index in [9.17, 15) is 4.79 Å². The second-order valence-electron chi connectivity index (χ2n) is 4.42. The summed E-state index contributed by atoms with van der Waals surface area (Å²) >= 11 is 6.04. The number of hydrogen-bond acceptors (Lipinski definition) is 3. The molecule has 1 N–H and O–H groups in total. The van der Waals surface area contributed by atoms with Crippen molar-refractivity contribution in [1.29, 1.82) is 0 Å². The van der Waals surface area contributed by atoms with E-state index in [1.165, 1.54) is 0 Å². The van der Waals surface area contributed by atoms with Gasteiger partial charge in [-0.15, -0.1) is 0 Å². The molecule has 1 aliphatic rings. The fraction of sp³-hybridized carbons (Fsp3) is 0.143. The third-order valence-electron chi connectivity index (χ3n) is 3.14. The highest BCUT2D eigenvalue weighted by atomic mass is 35.5. The van der Waals surface area contributed by atoms with Gasteiger partial charge in [0.2, 0.25) is 0 Å². The number of benzene rings is 1. The molecule has 2 heterocycles. The predicted molar refractivity (Wildman–Crippen MR) is 71.6 cm³/mol. The molecule has 1 atom stereocenters. The molecule has 0 spiro atoms. The normalized spacial score (nSPS) is 18.7. The van der Waals surface area contributed by atoms with Crippen LogP contribution in [0.1, 0.15) is 18.1 Å². The van der Waals surface area contributed by atoms with Crippen LogP contribution in [0.25, 0.3) is 11.1 Å². The Morgan fingerprint density at radius 2 is 2.32 bits per heavy atom. The Balaban J connectivity index is 2.07. The van der Waals surface area contributed by atoms with Crippen LogP contribution >= 0.6 is 11.6 Å². The molecule has 4 nitrogen and oxygen atoms in total. The number of hydrogen-bond donors (Lipinski definition) is 1. The molecule has 0 unspecified atom stereocenters. The van der Waals surface area contributed by atoms with Gasteiger partial charge >= 0.3 is 5.97 Å². The number of H-pyrrole nitrogens is 1. The first-order valence-corrected chi connectivity index (χ1v) is 6.20. The van der Waals surface area contributed by atoms with Crippen molar-refractivity contribution in [2.24, 2.45) is 0 Å². The third-order valence-corrected chi connectivity index (χ3v) is 3.38. The lowest BCUT2D eigenvalue weighted by Crippen LogP contribution is -2.00. The maximum Gasteiger partial charge on any atom is 0.334 e. The maximum atomic E-state index is 11.5. The first-order chi connectivity index (χ1) is 9.15. The summed E-state index contributed by atoms with van der Waals surface area (Å²) in [6.45, 7) is 3.70. The number of aromatic amines is 1. The van der Waals surface area contributed by atoms with E-state index in [2.05, 4.69) is 16.8 Å². The Hall–Kier alpha value is -2.07. The highest BCUT2D eigenvalue weighted by molar-refractivity contribution is 6.30. The van der Waals surface area contributed by atoms with Crippen LogP contribution < -0.4 is 0 Å². The zero-order chi connectivity index (χ0) is 13.4. The third kappa shape index (κ3) is 2.15. The maximum absolute atomic E-state index is 11.5. The van der Waals surface area contributed by atoms with Crippen LogP contribution in [-0.4, -0.2) is 16.2 Å². The number of aromatic nitrogens is 2. The van der Waals surface area contributed by atoms with E-state index in [4.69, 9.17) is 16.3 Å². The van der Waals surface area contributed by atoms with Crippen LogP contribution in [0, 0.1) is 0 Å². The summed E-state index contributed by atoms with van der Waals surface area (Å²) < 4.78 is 5.33. The van der Waals surface area contributed by atoms with Crippen LogP contribution in [0.4, 0.5) is 0 Å². The first-order valence-electron chi connectivity index (χ1n) is 5.82. The Labute approximate surface area is 115 Å². The van der Waals surface area contributed by atoms with Crippen molar-refractivity contribution in [3.63, 3.8) is 0 Å². The molecule has 1 saturated heterocycles. The molecular weight excluding hydrogens is 264 g/mol. The van der Waals surface area contributed by atoms with Crippen LogP contribution in [0.15, 0.2) is 42.7 Å². The van der Waals surface area contributed by atoms with E-state index in [1.54, 1.807) is 18.5 Å². The van der Waals surface area contributed by atoms with Gasteiger partial charge in [-0.25, -0.2) is 4.79 Å². The van der Waals surface area contributed by atoms with Gasteiger partial charge in [-0.1, -0.05) is 24.2 Å². The number of esters is 1. The van der Waals surface area contributed by atoms with Crippen molar-refractivity contribution in [3.8, 4) is 11.1 Å². The van der Waals surface area contributed by atoms with Crippen molar-refractivity contribution in [2.75, 3.05) is 0 Å². The van der Waals surface area contributed by atoms with Gasteiger partial charge in [0.25, 0.3) is 0 Å². The molecule has 96 valence electrons. The molecule has 19 heavy (non-hydrogen) atoms. The number of halogens is 1. The van der Waals surface area contributed by atoms with E-state index < -0.39 is 0 Å². The molecule has 2 aromatic rings. The van der Waals surface area contributed by atoms with Crippen molar-refractivity contribution in [3.05, 3.63) is 53.3 Å². The Morgan fingerprint density at radius 1 is 1.47 bits per heavy atom. The number of ether oxygens (including phenoxy) is 1. The molecule has 1 aliphatic heterocycles. The van der Waals surface area contributed by atoms with Gasteiger partial charge in [0.1, 0.15) is 6.10 Å².